The molecule has 2 rings (SSSR count). The quantitative estimate of drug-likeness (QED) is 0.825. The maximum Gasteiger partial charge on any atom is 0.225 e. The molecule has 5 nitrogen and oxygen atoms in total. The molecule has 2 aliphatic rings. The molecular formula is C16H28N2O3. The van der Waals surface area contributed by atoms with Crippen LogP contribution in [0, 0.1) is 5.92 Å². The summed E-state index contributed by atoms with van der Waals surface area (Å²) in [6.07, 6.45) is 6.46. The highest BCUT2D eigenvalue weighted by atomic mass is 16.3. The van der Waals surface area contributed by atoms with Crippen molar-refractivity contribution >= 4 is 11.8 Å². The van der Waals surface area contributed by atoms with Crippen LogP contribution in [0.15, 0.2) is 0 Å². The van der Waals surface area contributed by atoms with Gasteiger partial charge in [0.05, 0.1) is 18.1 Å². The number of hydrogen-bond acceptors (Lipinski definition) is 3. The average Bonchev–Trinajstić information content (AvgIpc) is 2.50. The van der Waals surface area contributed by atoms with Gasteiger partial charge < -0.3 is 15.3 Å². The van der Waals surface area contributed by atoms with Crippen molar-refractivity contribution in [2.45, 2.75) is 70.4 Å². The number of piperidine rings is 1. The molecule has 0 radical (unpaired) electrons. The van der Waals surface area contributed by atoms with Crippen LogP contribution >= 0.6 is 0 Å². The fraction of sp³-hybridized carbons (Fsp3) is 0.875. The number of nitrogens with one attached hydrogen (secondary N) is 1. The van der Waals surface area contributed by atoms with Crippen molar-refractivity contribution in [2.75, 3.05) is 13.1 Å². The van der Waals surface area contributed by atoms with Crippen LogP contribution in [-0.2, 0) is 9.59 Å². The standard InChI is InChI=1S/C16H28N2O3/c1-2-6-15(20)18-10-5-7-12(11-18)16(21)17-13-8-3-4-9-14(13)19/h12-14,19H,2-11H2,1H3,(H,17,21). The smallest absolute Gasteiger partial charge is 0.225 e. The minimum Gasteiger partial charge on any atom is -0.391 e. The van der Waals surface area contributed by atoms with E-state index in [0.717, 1.165) is 51.5 Å². The molecule has 2 amide bonds. The van der Waals surface area contributed by atoms with Gasteiger partial charge in [-0.2, -0.15) is 0 Å². The summed E-state index contributed by atoms with van der Waals surface area (Å²) < 4.78 is 0. The first-order valence-corrected chi connectivity index (χ1v) is 8.38. The van der Waals surface area contributed by atoms with Gasteiger partial charge in [0, 0.05) is 19.5 Å². The van der Waals surface area contributed by atoms with Gasteiger partial charge in [-0.1, -0.05) is 19.8 Å². The van der Waals surface area contributed by atoms with Gasteiger partial charge in [0.25, 0.3) is 0 Å². The first-order chi connectivity index (χ1) is 10.1. The zero-order valence-corrected chi connectivity index (χ0v) is 13.0. The summed E-state index contributed by atoms with van der Waals surface area (Å²) in [5.74, 6) is 0.0522. The average molecular weight is 296 g/mol. The van der Waals surface area contributed by atoms with Crippen molar-refractivity contribution in [3.05, 3.63) is 0 Å². The molecule has 2 N–H and O–H groups in total. The molecule has 0 aromatic rings. The Labute approximate surface area is 127 Å². The van der Waals surface area contributed by atoms with Gasteiger partial charge in [-0.25, -0.2) is 0 Å². The van der Waals surface area contributed by atoms with E-state index in [1.54, 1.807) is 0 Å². The molecule has 1 saturated carbocycles. The number of carbonyl (C=O) groups is 2. The zero-order valence-electron chi connectivity index (χ0n) is 13.0. The Morgan fingerprint density at radius 3 is 2.67 bits per heavy atom. The predicted molar refractivity (Wildman–Crippen MR) is 80.6 cm³/mol. The number of hydrogen-bond donors (Lipinski definition) is 2. The number of rotatable bonds is 4. The van der Waals surface area contributed by atoms with Crippen molar-refractivity contribution in [1.29, 1.82) is 0 Å². The lowest BCUT2D eigenvalue weighted by Gasteiger charge is -2.34. The topological polar surface area (TPSA) is 69.6 Å². The number of carbonyl (C=O) groups excluding carboxylic acids is 2. The Balaban J connectivity index is 1.85. The number of aliphatic hydroxyl groups excluding tert-OH is 1. The van der Waals surface area contributed by atoms with Crippen molar-refractivity contribution < 1.29 is 14.7 Å². The summed E-state index contributed by atoms with van der Waals surface area (Å²) in [6, 6.07) is -0.104. The van der Waals surface area contributed by atoms with Gasteiger partial charge in [0.2, 0.25) is 11.8 Å². The Morgan fingerprint density at radius 1 is 1.19 bits per heavy atom. The fourth-order valence-electron chi connectivity index (χ4n) is 3.37. The molecule has 1 heterocycles. The van der Waals surface area contributed by atoms with E-state index in [2.05, 4.69) is 5.32 Å². The predicted octanol–water partition coefficient (Wildman–Crippen LogP) is 1.44. The van der Waals surface area contributed by atoms with Crippen LogP contribution in [0.25, 0.3) is 0 Å². The van der Waals surface area contributed by atoms with Gasteiger partial charge in [-0.3, -0.25) is 9.59 Å². The Kier molecular flexibility index (Phi) is 6.03. The number of likely N-dealkylation sites (tertiary alicyclic amines) is 1. The molecule has 1 aliphatic heterocycles. The molecule has 0 spiro atoms. The third-order valence-corrected chi connectivity index (χ3v) is 4.67. The van der Waals surface area contributed by atoms with Crippen LogP contribution in [-0.4, -0.2) is 47.1 Å². The molecule has 120 valence electrons. The van der Waals surface area contributed by atoms with Crippen LogP contribution < -0.4 is 5.32 Å². The van der Waals surface area contributed by atoms with E-state index in [4.69, 9.17) is 0 Å². The first kappa shape index (κ1) is 16.3. The maximum absolute atomic E-state index is 12.4. The molecular weight excluding hydrogens is 268 g/mol. The third kappa shape index (κ3) is 4.43. The fourth-order valence-corrected chi connectivity index (χ4v) is 3.37. The van der Waals surface area contributed by atoms with E-state index < -0.39 is 6.10 Å². The molecule has 3 unspecified atom stereocenters. The second-order valence-corrected chi connectivity index (χ2v) is 6.40. The third-order valence-electron chi connectivity index (χ3n) is 4.67. The first-order valence-electron chi connectivity index (χ1n) is 8.38. The lowest BCUT2D eigenvalue weighted by atomic mass is 9.91. The van der Waals surface area contributed by atoms with Gasteiger partial charge in [-0.15, -0.1) is 0 Å². The van der Waals surface area contributed by atoms with E-state index in [9.17, 15) is 14.7 Å². The normalized spacial score (nSPS) is 30.0. The number of amides is 2. The molecule has 1 saturated heterocycles. The number of nitrogens with zero attached hydrogens (tertiary/aromatic N) is 1. The van der Waals surface area contributed by atoms with E-state index in [-0.39, 0.29) is 23.8 Å². The van der Waals surface area contributed by atoms with E-state index >= 15 is 0 Å². The van der Waals surface area contributed by atoms with Crippen LogP contribution in [0.3, 0.4) is 0 Å². The molecule has 0 aromatic carbocycles. The molecule has 3 atom stereocenters. The van der Waals surface area contributed by atoms with Crippen molar-refractivity contribution in [3.63, 3.8) is 0 Å². The van der Waals surface area contributed by atoms with Gasteiger partial charge >= 0.3 is 0 Å². The zero-order chi connectivity index (χ0) is 15.2. The molecule has 21 heavy (non-hydrogen) atoms. The van der Waals surface area contributed by atoms with E-state index in [1.807, 2.05) is 11.8 Å². The molecule has 0 aromatic heterocycles. The minimum absolute atomic E-state index is 0.00921. The summed E-state index contributed by atoms with van der Waals surface area (Å²) in [5, 5.41) is 13.0. The van der Waals surface area contributed by atoms with Crippen molar-refractivity contribution in [3.8, 4) is 0 Å². The van der Waals surface area contributed by atoms with Gasteiger partial charge in [0.15, 0.2) is 0 Å². The summed E-state index contributed by atoms with van der Waals surface area (Å²) >= 11 is 0. The highest BCUT2D eigenvalue weighted by Crippen LogP contribution is 2.21. The lowest BCUT2D eigenvalue weighted by Crippen LogP contribution is -2.51. The second kappa shape index (κ2) is 7.78. The summed E-state index contributed by atoms with van der Waals surface area (Å²) in [6.45, 7) is 3.30. The molecule has 5 heteroatoms. The SMILES string of the molecule is CCCC(=O)N1CCCC(C(=O)NC2CCCCC2O)C1. The largest absolute Gasteiger partial charge is 0.391 e. The minimum atomic E-state index is -0.413. The lowest BCUT2D eigenvalue weighted by molar-refractivity contribution is -0.136. The Hall–Kier alpha value is -1.10. The Bertz CT molecular complexity index is 373. The van der Waals surface area contributed by atoms with E-state index in [1.165, 1.54) is 0 Å². The van der Waals surface area contributed by atoms with Crippen LogP contribution in [0.1, 0.15) is 58.3 Å². The molecule has 2 fully saturated rings. The van der Waals surface area contributed by atoms with E-state index in [0.29, 0.717) is 13.0 Å². The maximum atomic E-state index is 12.4. The Morgan fingerprint density at radius 2 is 1.95 bits per heavy atom. The van der Waals surface area contributed by atoms with Crippen LogP contribution in [0.4, 0.5) is 0 Å². The summed E-state index contributed by atoms with van der Waals surface area (Å²) in [4.78, 5) is 26.2. The summed E-state index contributed by atoms with van der Waals surface area (Å²) in [7, 11) is 0. The highest BCUT2D eigenvalue weighted by molar-refractivity contribution is 5.81. The van der Waals surface area contributed by atoms with Crippen molar-refractivity contribution in [1.82, 2.24) is 10.2 Å². The van der Waals surface area contributed by atoms with Crippen molar-refractivity contribution in [2.24, 2.45) is 5.92 Å². The molecule has 0 bridgehead atoms. The highest BCUT2D eigenvalue weighted by Gasteiger charge is 2.31. The number of aliphatic hydroxyl groups is 1. The van der Waals surface area contributed by atoms with Gasteiger partial charge in [-0.05, 0) is 32.1 Å². The monoisotopic (exact) mass is 296 g/mol. The molecule has 1 aliphatic carbocycles. The van der Waals surface area contributed by atoms with Crippen LogP contribution in [0.5, 0.6) is 0 Å². The summed E-state index contributed by atoms with van der Waals surface area (Å²) in [5.41, 5.74) is 0. The van der Waals surface area contributed by atoms with Crippen LogP contribution in [0.2, 0.25) is 0 Å². The van der Waals surface area contributed by atoms with Gasteiger partial charge in [0.1, 0.15) is 0 Å². The second-order valence-electron chi connectivity index (χ2n) is 6.40.